The summed E-state index contributed by atoms with van der Waals surface area (Å²) in [5.41, 5.74) is 0. The van der Waals surface area contributed by atoms with Crippen molar-refractivity contribution in [3.05, 3.63) is 0 Å². The van der Waals surface area contributed by atoms with E-state index in [0.717, 1.165) is 11.8 Å². The second-order valence-corrected chi connectivity index (χ2v) is 10.4. The van der Waals surface area contributed by atoms with Crippen molar-refractivity contribution in [2.75, 3.05) is 79.0 Å². The van der Waals surface area contributed by atoms with Crippen LogP contribution in [0.15, 0.2) is 0 Å². The monoisotopic (exact) mass is 436 g/mol. The average Bonchev–Trinajstić information content (AvgIpc) is 3.27. The lowest BCUT2D eigenvalue weighted by atomic mass is 9.86. The number of rotatable bonds is 7. The minimum absolute atomic E-state index is 0.533. The van der Waals surface area contributed by atoms with Gasteiger partial charge in [0.1, 0.15) is 0 Å². The Morgan fingerprint density at radius 1 is 0.613 bits per heavy atom. The number of nitrogens with zero attached hydrogens (tertiary/aromatic N) is 4. The highest BCUT2D eigenvalue weighted by Gasteiger charge is 2.29. The molecule has 0 bridgehead atoms. The number of piperidine rings is 1. The van der Waals surface area contributed by atoms with Crippen molar-refractivity contribution >= 4 is 0 Å². The van der Waals surface area contributed by atoms with Crippen LogP contribution in [0.3, 0.4) is 0 Å². The first-order chi connectivity index (χ1) is 15.2. The smallest absolute Gasteiger partial charge is 0.0603 e. The number of hydrogen-bond acceptors (Lipinski definition) is 5. The first-order valence-corrected chi connectivity index (χ1v) is 13.7. The summed E-state index contributed by atoms with van der Waals surface area (Å²) in [5.74, 6) is 1.83. The van der Waals surface area contributed by atoms with Crippen LogP contribution in [0.4, 0.5) is 0 Å². The van der Waals surface area contributed by atoms with Gasteiger partial charge in [0, 0.05) is 58.9 Å². The fourth-order valence-electron chi connectivity index (χ4n) is 6.08. The molecular formula is C26H52N4O. The zero-order valence-corrected chi connectivity index (χ0v) is 21.2. The lowest BCUT2D eigenvalue weighted by molar-refractivity contribution is -0.0604. The minimum atomic E-state index is 0.533. The molecule has 0 N–H and O–H groups in total. The molecule has 0 radical (unpaired) electrons. The molecule has 0 aromatic carbocycles. The molecule has 0 amide bonds. The molecule has 31 heavy (non-hydrogen) atoms. The topological polar surface area (TPSA) is 22.2 Å². The van der Waals surface area contributed by atoms with Crippen LogP contribution in [0.2, 0.25) is 0 Å². The van der Waals surface area contributed by atoms with Gasteiger partial charge in [0.25, 0.3) is 0 Å². The van der Waals surface area contributed by atoms with Crippen LogP contribution in [0.1, 0.15) is 65.7 Å². The molecule has 4 aliphatic rings. The quantitative estimate of drug-likeness (QED) is 0.606. The molecule has 0 aromatic heterocycles. The summed E-state index contributed by atoms with van der Waals surface area (Å²) < 4.78 is 6.46. The largest absolute Gasteiger partial charge is 0.375 e. The molecule has 1 aliphatic carbocycles. The highest BCUT2D eigenvalue weighted by Crippen LogP contribution is 2.29. The van der Waals surface area contributed by atoms with Crippen LogP contribution >= 0.6 is 0 Å². The zero-order valence-electron chi connectivity index (χ0n) is 21.2. The van der Waals surface area contributed by atoms with Gasteiger partial charge in [0.15, 0.2) is 0 Å². The third kappa shape index (κ3) is 8.26. The Bertz CT molecular complexity index is 444. The van der Waals surface area contributed by atoms with E-state index in [1.807, 2.05) is 13.8 Å². The first kappa shape index (κ1) is 25.4. The van der Waals surface area contributed by atoms with Crippen LogP contribution in [-0.2, 0) is 4.74 Å². The van der Waals surface area contributed by atoms with Crippen LogP contribution in [-0.4, -0.2) is 111 Å². The van der Waals surface area contributed by atoms with Crippen molar-refractivity contribution in [1.82, 2.24) is 19.6 Å². The van der Waals surface area contributed by atoms with Gasteiger partial charge in [-0.05, 0) is 76.9 Å². The summed E-state index contributed by atoms with van der Waals surface area (Å²) in [7, 11) is 2.23. The Morgan fingerprint density at radius 3 is 1.71 bits per heavy atom. The van der Waals surface area contributed by atoms with Crippen molar-refractivity contribution in [3.63, 3.8) is 0 Å². The normalized spacial score (nSPS) is 32.7. The van der Waals surface area contributed by atoms with E-state index in [1.54, 1.807) is 0 Å². The van der Waals surface area contributed by atoms with Crippen LogP contribution in [0, 0.1) is 11.8 Å². The van der Waals surface area contributed by atoms with Crippen LogP contribution in [0.5, 0.6) is 0 Å². The molecule has 1 unspecified atom stereocenters. The Kier molecular flexibility index (Phi) is 11.1. The maximum absolute atomic E-state index is 6.46. The van der Waals surface area contributed by atoms with Crippen molar-refractivity contribution in [3.8, 4) is 0 Å². The number of ether oxygens (including phenoxy) is 1. The van der Waals surface area contributed by atoms with Gasteiger partial charge >= 0.3 is 0 Å². The molecule has 3 saturated heterocycles. The lowest BCUT2D eigenvalue weighted by Crippen LogP contribution is -2.49. The molecule has 3 heterocycles. The summed E-state index contributed by atoms with van der Waals surface area (Å²) in [6, 6.07) is 0. The van der Waals surface area contributed by atoms with E-state index in [0.29, 0.717) is 12.2 Å². The molecule has 1 saturated carbocycles. The van der Waals surface area contributed by atoms with E-state index >= 15 is 0 Å². The van der Waals surface area contributed by atoms with Gasteiger partial charge in [-0.15, -0.1) is 0 Å². The zero-order chi connectivity index (χ0) is 22.1. The van der Waals surface area contributed by atoms with Gasteiger partial charge < -0.3 is 24.3 Å². The standard InChI is InChI=1S/C24H46N4O.C2H6/c1-3-26-13-8-22(19-26)20-28-16-14-27(15-17-28)18-21-4-6-23(7-5-21)29-24-9-11-25(2)12-10-24;1-2/h21-24H,3-20H2,1-2H3;1-2H3. The molecule has 0 spiro atoms. The first-order valence-electron chi connectivity index (χ1n) is 13.7. The fourth-order valence-corrected chi connectivity index (χ4v) is 6.08. The second-order valence-electron chi connectivity index (χ2n) is 10.4. The second kappa shape index (κ2) is 13.5. The molecule has 5 nitrogen and oxygen atoms in total. The maximum Gasteiger partial charge on any atom is 0.0603 e. The van der Waals surface area contributed by atoms with E-state index < -0.39 is 0 Å². The van der Waals surface area contributed by atoms with E-state index in [-0.39, 0.29) is 0 Å². The summed E-state index contributed by atoms with van der Waals surface area (Å²) in [4.78, 5) is 10.6. The van der Waals surface area contributed by atoms with Crippen molar-refractivity contribution in [1.29, 1.82) is 0 Å². The molecule has 5 heteroatoms. The van der Waals surface area contributed by atoms with Crippen molar-refractivity contribution in [2.24, 2.45) is 11.8 Å². The van der Waals surface area contributed by atoms with Gasteiger partial charge in [-0.25, -0.2) is 0 Å². The average molecular weight is 437 g/mol. The third-order valence-corrected chi connectivity index (χ3v) is 8.16. The van der Waals surface area contributed by atoms with Gasteiger partial charge in [-0.2, -0.15) is 0 Å². The molecule has 3 aliphatic heterocycles. The summed E-state index contributed by atoms with van der Waals surface area (Å²) in [5, 5.41) is 0. The van der Waals surface area contributed by atoms with Gasteiger partial charge in [-0.1, -0.05) is 20.8 Å². The SMILES string of the molecule is CC.CCN1CCC(CN2CCN(CC3CCC(OC4CCN(C)CC4)CC3)CC2)C1. The van der Waals surface area contributed by atoms with Gasteiger partial charge in [0.2, 0.25) is 0 Å². The van der Waals surface area contributed by atoms with Crippen molar-refractivity contribution < 1.29 is 4.74 Å². The predicted molar refractivity (Wildman–Crippen MR) is 132 cm³/mol. The fraction of sp³-hybridized carbons (Fsp3) is 1.00. The third-order valence-electron chi connectivity index (χ3n) is 8.16. The lowest BCUT2D eigenvalue weighted by Gasteiger charge is -2.39. The van der Waals surface area contributed by atoms with Crippen molar-refractivity contribution in [2.45, 2.75) is 77.9 Å². The Morgan fingerprint density at radius 2 is 1.16 bits per heavy atom. The molecule has 1 atom stereocenters. The van der Waals surface area contributed by atoms with Crippen LogP contribution < -0.4 is 0 Å². The highest BCUT2D eigenvalue weighted by molar-refractivity contribution is 4.83. The molecule has 0 aromatic rings. The Balaban J connectivity index is 0.00000132. The summed E-state index contributed by atoms with van der Waals surface area (Å²) in [6.07, 6.45) is 10.3. The molecule has 182 valence electrons. The number of hydrogen-bond donors (Lipinski definition) is 0. The molecular weight excluding hydrogens is 384 g/mol. The Labute approximate surface area is 193 Å². The molecule has 4 fully saturated rings. The van der Waals surface area contributed by atoms with Gasteiger partial charge in [-0.3, -0.25) is 0 Å². The van der Waals surface area contributed by atoms with E-state index in [2.05, 4.69) is 33.6 Å². The number of likely N-dealkylation sites (tertiary alicyclic amines) is 2. The summed E-state index contributed by atoms with van der Waals surface area (Å²) >= 11 is 0. The minimum Gasteiger partial charge on any atom is -0.375 e. The highest BCUT2D eigenvalue weighted by atomic mass is 16.5. The Hall–Kier alpha value is -0.200. The number of piperazine rings is 1. The van der Waals surface area contributed by atoms with Gasteiger partial charge in [0.05, 0.1) is 12.2 Å². The molecule has 4 rings (SSSR count). The van der Waals surface area contributed by atoms with E-state index in [9.17, 15) is 0 Å². The summed E-state index contributed by atoms with van der Waals surface area (Å²) in [6.45, 7) is 20.4. The van der Waals surface area contributed by atoms with E-state index in [4.69, 9.17) is 4.74 Å². The van der Waals surface area contributed by atoms with E-state index in [1.165, 1.54) is 117 Å². The predicted octanol–water partition coefficient (Wildman–Crippen LogP) is 3.64. The van der Waals surface area contributed by atoms with Crippen LogP contribution in [0.25, 0.3) is 0 Å². The maximum atomic E-state index is 6.46.